The zero-order valence-corrected chi connectivity index (χ0v) is 30.9. The molecular weight excluding hydrogens is 681 g/mol. The Morgan fingerprint density at radius 2 is 1.72 bits per heavy atom. The maximum absolute atomic E-state index is 14.4. The standard InChI is InChI=1S/C39H52FN7O6/c1-26(2)19-32-38(51)47-24-30(48)22-34(47)39(52)45(3)33(20-27-13-9-8-10-14-27)37(50)41-17-11-6-4-5-7-12-18-46-23-29(43-44-46)25-53-35-21-28(40)15-16-31(35)36(49)42-32/h8-10,13-16,21,23,26,30,32-34,48H,4-7,11-12,17-20,22,24-25H2,1-3H3,(H,41,50)(H,42,49)/t30?,32-,33+,34-/m1/s1. The van der Waals surface area contributed by atoms with Gasteiger partial charge in [0, 0.05) is 45.6 Å². The number of hydrogen-bond donors (Lipinski definition) is 3. The molecule has 286 valence electrons. The first-order valence-electron chi connectivity index (χ1n) is 18.7. The number of hydrogen-bond acceptors (Lipinski definition) is 8. The highest BCUT2D eigenvalue weighted by Crippen LogP contribution is 2.26. The number of nitrogens with zero attached hydrogens (tertiary/aromatic N) is 5. The second-order valence-electron chi connectivity index (χ2n) is 14.5. The van der Waals surface area contributed by atoms with E-state index in [4.69, 9.17) is 4.74 Å². The molecule has 0 aliphatic carbocycles. The van der Waals surface area contributed by atoms with Gasteiger partial charge in [-0.25, -0.2) is 4.39 Å². The highest BCUT2D eigenvalue weighted by atomic mass is 19.1. The Morgan fingerprint density at radius 1 is 0.981 bits per heavy atom. The van der Waals surface area contributed by atoms with Crippen molar-refractivity contribution >= 4 is 23.6 Å². The van der Waals surface area contributed by atoms with Gasteiger partial charge in [-0.1, -0.05) is 75.1 Å². The molecule has 1 unspecified atom stereocenters. The van der Waals surface area contributed by atoms with Gasteiger partial charge in [0.2, 0.25) is 17.7 Å². The van der Waals surface area contributed by atoms with Gasteiger partial charge in [0.25, 0.3) is 5.91 Å². The summed E-state index contributed by atoms with van der Waals surface area (Å²) >= 11 is 0. The molecule has 1 saturated heterocycles. The smallest absolute Gasteiger partial charge is 0.255 e. The lowest BCUT2D eigenvalue weighted by molar-refractivity contribution is -0.147. The van der Waals surface area contributed by atoms with Crippen molar-refractivity contribution in [2.75, 3.05) is 20.1 Å². The lowest BCUT2D eigenvalue weighted by atomic mass is 10.0. The van der Waals surface area contributed by atoms with E-state index in [1.807, 2.05) is 44.2 Å². The molecule has 4 amide bonds. The lowest BCUT2D eigenvalue weighted by Crippen LogP contribution is -2.57. The van der Waals surface area contributed by atoms with Crippen LogP contribution in [0.3, 0.4) is 0 Å². The van der Waals surface area contributed by atoms with Gasteiger partial charge in [0.1, 0.15) is 42.0 Å². The molecule has 2 aromatic carbocycles. The molecule has 1 fully saturated rings. The number of fused-ring (bicyclic) bond motifs is 4. The summed E-state index contributed by atoms with van der Waals surface area (Å²) in [4.78, 5) is 58.7. The molecule has 1 aromatic heterocycles. The van der Waals surface area contributed by atoms with E-state index in [-0.39, 0.29) is 55.6 Å². The summed E-state index contributed by atoms with van der Waals surface area (Å²) < 4.78 is 22.0. The Hall–Kier alpha value is -4.85. The van der Waals surface area contributed by atoms with E-state index < -0.39 is 47.8 Å². The van der Waals surface area contributed by atoms with Gasteiger partial charge in [-0.15, -0.1) is 5.10 Å². The minimum Gasteiger partial charge on any atom is -0.486 e. The van der Waals surface area contributed by atoms with Crippen LogP contribution in [-0.4, -0.2) is 97.9 Å². The third-order valence-corrected chi connectivity index (χ3v) is 9.81. The summed E-state index contributed by atoms with van der Waals surface area (Å²) in [6, 6.07) is 9.97. The number of benzene rings is 2. The van der Waals surface area contributed by atoms with Gasteiger partial charge in [0.15, 0.2) is 0 Å². The maximum Gasteiger partial charge on any atom is 0.255 e. The monoisotopic (exact) mass is 733 g/mol. The number of carbonyl (C=O) groups is 4. The van der Waals surface area contributed by atoms with Crippen LogP contribution in [0.25, 0.3) is 0 Å². The molecule has 53 heavy (non-hydrogen) atoms. The fraction of sp³-hybridized carbons (Fsp3) is 0.538. The van der Waals surface area contributed by atoms with Crippen LogP contribution >= 0.6 is 0 Å². The van der Waals surface area contributed by atoms with Crippen molar-refractivity contribution in [1.29, 1.82) is 0 Å². The average Bonchev–Trinajstić information content (AvgIpc) is 3.76. The van der Waals surface area contributed by atoms with Crippen LogP contribution < -0.4 is 15.4 Å². The van der Waals surface area contributed by atoms with Crippen molar-refractivity contribution in [3.8, 4) is 5.75 Å². The molecule has 2 bridgehead atoms. The minimum absolute atomic E-state index is 0.0164. The quantitative estimate of drug-likeness (QED) is 0.367. The first-order valence-corrected chi connectivity index (χ1v) is 18.7. The third-order valence-electron chi connectivity index (χ3n) is 9.81. The number of halogens is 1. The van der Waals surface area contributed by atoms with Crippen LogP contribution in [-0.2, 0) is 34.0 Å². The van der Waals surface area contributed by atoms with E-state index in [2.05, 4.69) is 20.9 Å². The van der Waals surface area contributed by atoms with Crippen LogP contribution in [0.1, 0.15) is 86.8 Å². The van der Waals surface area contributed by atoms with E-state index >= 15 is 0 Å². The van der Waals surface area contributed by atoms with Crippen molar-refractivity contribution in [2.24, 2.45) is 5.92 Å². The summed E-state index contributed by atoms with van der Waals surface area (Å²) in [6.45, 7) is 4.77. The molecule has 14 heteroatoms. The number of amides is 4. The largest absolute Gasteiger partial charge is 0.486 e. The predicted octanol–water partition coefficient (Wildman–Crippen LogP) is 3.64. The molecule has 4 atom stereocenters. The number of rotatable bonds is 4. The van der Waals surface area contributed by atoms with Gasteiger partial charge in [-0.3, -0.25) is 23.9 Å². The second-order valence-corrected chi connectivity index (χ2v) is 14.5. The fourth-order valence-electron chi connectivity index (χ4n) is 6.96. The van der Waals surface area contributed by atoms with Gasteiger partial charge >= 0.3 is 0 Å². The molecule has 5 rings (SSSR count). The lowest BCUT2D eigenvalue weighted by Gasteiger charge is -2.34. The first kappa shape index (κ1) is 39.4. The molecule has 2 aliphatic rings. The van der Waals surface area contributed by atoms with Crippen LogP contribution in [0, 0.1) is 11.7 Å². The highest BCUT2D eigenvalue weighted by molar-refractivity contribution is 6.00. The molecule has 3 N–H and O–H groups in total. The van der Waals surface area contributed by atoms with Crippen LogP contribution in [0.15, 0.2) is 54.7 Å². The van der Waals surface area contributed by atoms with Gasteiger partial charge in [-0.05, 0) is 42.9 Å². The number of aromatic nitrogens is 3. The zero-order valence-electron chi connectivity index (χ0n) is 30.9. The summed E-state index contributed by atoms with van der Waals surface area (Å²) in [5, 5.41) is 25.0. The SMILES string of the molecule is CC(C)C[C@H]1NC(=O)c2ccc(F)cc2OCc2cn(nn2)CCCCCCCCNC(=O)[C@H](Cc2ccccc2)N(C)C(=O)[C@H]2CC(O)CN2C1=O. The second kappa shape index (κ2) is 18.8. The normalized spacial score (nSPS) is 23.2. The minimum atomic E-state index is -1.08. The number of likely N-dealkylation sites (N-methyl/N-ethyl adjacent to an activating group) is 1. The Morgan fingerprint density at radius 3 is 2.47 bits per heavy atom. The Bertz CT molecular complexity index is 1700. The molecule has 0 saturated carbocycles. The van der Waals surface area contributed by atoms with Crippen LogP contribution in [0.2, 0.25) is 0 Å². The zero-order chi connectivity index (χ0) is 37.9. The number of nitrogens with one attached hydrogen (secondary N) is 2. The molecule has 0 radical (unpaired) electrons. The van der Waals surface area contributed by atoms with E-state index in [0.717, 1.165) is 56.2 Å². The Kier molecular flexibility index (Phi) is 13.9. The summed E-state index contributed by atoms with van der Waals surface area (Å²) in [5.41, 5.74) is 1.40. The highest BCUT2D eigenvalue weighted by Gasteiger charge is 2.44. The van der Waals surface area contributed by atoms with Crippen molar-refractivity contribution in [2.45, 2.75) is 109 Å². The Labute approximate surface area is 310 Å². The molecule has 0 spiro atoms. The molecule has 3 heterocycles. The third kappa shape index (κ3) is 10.8. The molecule has 3 aromatic rings. The number of aliphatic hydroxyl groups is 1. The molecule has 2 aliphatic heterocycles. The number of ether oxygens (including phenoxy) is 1. The molecule has 13 nitrogen and oxygen atoms in total. The van der Waals surface area contributed by atoms with Crippen LogP contribution in [0.5, 0.6) is 5.75 Å². The summed E-state index contributed by atoms with van der Waals surface area (Å²) in [7, 11) is 1.56. The number of carbonyl (C=O) groups excluding carboxylic acids is 4. The fourth-order valence-corrected chi connectivity index (χ4v) is 6.96. The number of aliphatic hydroxyl groups excluding tert-OH is 1. The first-order chi connectivity index (χ1) is 25.5. The van der Waals surface area contributed by atoms with Gasteiger partial charge in [-0.2, -0.15) is 0 Å². The van der Waals surface area contributed by atoms with Crippen LogP contribution in [0.4, 0.5) is 4.39 Å². The van der Waals surface area contributed by atoms with Crippen molar-refractivity contribution in [1.82, 2.24) is 35.4 Å². The summed E-state index contributed by atoms with van der Waals surface area (Å²) in [5.74, 6) is -2.65. The van der Waals surface area contributed by atoms with Gasteiger partial charge < -0.3 is 30.3 Å². The van der Waals surface area contributed by atoms with E-state index in [1.54, 1.807) is 17.9 Å². The topological polar surface area (TPSA) is 159 Å². The number of aryl methyl sites for hydroxylation is 1. The van der Waals surface area contributed by atoms with Crippen molar-refractivity contribution in [3.05, 3.63) is 77.4 Å². The van der Waals surface area contributed by atoms with E-state index in [1.165, 1.54) is 15.9 Å². The van der Waals surface area contributed by atoms with Crippen molar-refractivity contribution < 1.29 is 33.4 Å². The Balaban J connectivity index is 1.43. The van der Waals surface area contributed by atoms with Crippen molar-refractivity contribution in [3.63, 3.8) is 0 Å². The summed E-state index contributed by atoms with van der Waals surface area (Å²) in [6.07, 6.45) is 6.92. The maximum atomic E-state index is 14.4. The average molecular weight is 734 g/mol. The molecular formula is C39H52FN7O6. The predicted molar refractivity (Wildman–Crippen MR) is 195 cm³/mol. The van der Waals surface area contributed by atoms with E-state index in [0.29, 0.717) is 18.8 Å². The van der Waals surface area contributed by atoms with E-state index in [9.17, 15) is 28.7 Å². The van der Waals surface area contributed by atoms with Gasteiger partial charge in [0.05, 0.1) is 17.9 Å².